The van der Waals surface area contributed by atoms with Gasteiger partial charge in [-0.05, 0) is 49.2 Å². The zero-order chi connectivity index (χ0) is 17.5. The van der Waals surface area contributed by atoms with E-state index in [9.17, 15) is 0 Å². The summed E-state index contributed by atoms with van der Waals surface area (Å²) in [5.74, 6) is 1.29. The number of para-hydroxylation sites is 1. The molecule has 0 unspecified atom stereocenters. The normalized spacial score (nSPS) is 14.9. The van der Waals surface area contributed by atoms with Crippen molar-refractivity contribution in [3.8, 4) is 5.82 Å². The lowest BCUT2D eigenvalue weighted by Gasteiger charge is -2.30. The number of pyridine rings is 1. The Labute approximate surface area is 148 Å². The van der Waals surface area contributed by atoms with Gasteiger partial charge in [0, 0.05) is 21.8 Å². The van der Waals surface area contributed by atoms with Crippen molar-refractivity contribution in [1.29, 1.82) is 0 Å². The number of aromatic nitrogens is 2. The standard InChI is InChI=1S/C23H23N2/c1-14-11-12-17-16-8-6-9-18-21(16)25(20(17)15(14)2)22-19(23(18,3)4)10-7-13-24(22)5/h6-13H,1-5H3/q+1. The summed E-state index contributed by atoms with van der Waals surface area (Å²) in [6, 6.07) is 15.8. The minimum absolute atomic E-state index is 0.0127. The molecule has 0 atom stereocenters. The topological polar surface area (TPSA) is 8.81 Å². The van der Waals surface area contributed by atoms with E-state index in [1.807, 2.05) is 0 Å². The quantitative estimate of drug-likeness (QED) is 0.408. The van der Waals surface area contributed by atoms with Gasteiger partial charge in [-0.2, -0.15) is 4.57 Å². The fourth-order valence-electron chi connectivity index (χ4n) is 4.65. The molecule has 124 valence electrons. The second kappa shape index (κ2) is 4.51. The highest BCUT2D eigenvalue weighted by Crippen LogP contribution is 2.46. The van der Waals surface area contributed by atoms with E-state index >= 15 is 0 Å². The van der Waals surface area contributed by atoms with Crippen molar-refractivity contribution >= 4 is 21.8 Å². The molecule has 1 aliphatic rings. The predicted octanol–water partition coefficient (Wildman–Crippen LogP) is 4.86. The minimum atomic E-state index is -0.0127. The van der Waals surface area contributed by atoms with Crippen molar-refractivity contribution in [3.63, 3.8) is 0 Å². The highest BCUT2D eigenvalue weighted by molar-refractivity contribution is 6.12. The lowest BCUT2D eigenvalue weighted by atomic mass is 9.75. The first kappa shape index (κ1) is 14.7. The molecule has 0 saturated heterocycles. The SMILES string of the molecule is Cc1ccc2c3cccc4c3n(c2c1C)-c1c(ccc[n+]1C)C4(C)C. The molecule has 0 spiro atoms. The van der Waals surface area contributed by atoms with Crippen molar-refractivity contribution in [2.45, 2.75) is 33.1 Å². The monoisotopic (exact) mass is 327 g/mol. The van der Waals surface area contributed by atoms with Crippen LogP contribution in [-0.2, 0) is 12.5 Å². The van der Waals surface area contributed by atoms with Gasteiger partial charge >= 0.3 is 0 Å². The maximum absolute atomic E-state index is 2.50. The lowest BCUT2D eigenvalue weighted by Crippen LogP contribution is -2.40. The molecule has 0 saturated carbocycles. The second-order valence-electron chi connectivity index (χ2n) is 7.92. The van der Waals surface area contributed by atoms with E-state index in [0.717, 1.165) is 0 Å². The zero-order valence-corrected chi connectivity index (χ0v) is 15.5. The number of nitrogens with zero attached hydrogens (tertiary/aromatic N) is 2. The van der Waals surface area contributed by atoms with Crippen molar-refractivity contribution < 1.29 is 4.57 Å². The van der Waals surface area contributed by atoms with Crippen molar-refractivity contribution in [2.24, 2.45) is 7.05 Å². The molecule has 2 aromatic heterocycles. The summed E-state index contributed by atoms with van der Waals surface area (Å²) in [7, 11) is 2.16. The molecule has 2 heteroatoms. The van der Waals surface area contributed by atoms with Crippen LogP contribution in [0.5, 0.6) is 0 Å². The van der Waals surface area contributed by atoms with Crippen LogP contribution in [0, 0.1) is 13.8 Å². The van der Waals surface area contributed by atoms with E-state index in [4.69, 9.17) is 0 Å². The molecule has 1 aliphatic heterocycles. The molecule has 0 fully saturated rings. The Bertz CT molecular complexity index is 1190. The van der Waals surface area contributed by atoms with E-state index in [1.165, 1.54) is 49.9 Å². The number of hydrogen-bond acceptors (Lipinski definition) is 0. The molecule has 0 radical (unpaired) electrons. The number of benzene rings is 2. The van der Waals surface area contributed by atoms with Crippen LogP contribution in [-0.4, -0.2) is 4.57 Å². The summed E-state index contributed by atoms with van der Waals surface area (Å²) >= 11 is 0. The van der Waals surface area contributed by atoms with Gasteiger partial charge in [-0.1, -0.05) is 32.0 Å². The molecular formula is C23H23N2+. The van der Waals surface area contributed by atoms with Crippen LogP contribution in [0.4, 0.5) is 0 Å². The Hall–Kier alpha value is -2.61. The summed E-state index contributed by atoms with van der Waals surface area (Å²) in [6.07, 6.45) is 2.16. The number of rotatable bonds is 0. The van der Waals surface area contributed by atoms with Crippen molar-refractivity contribution in [2.75, 3.05) is 0 Å². The molecule has 0 aliphatic carbocycles. The van der Waals surface area contributed by atoms with Gasteiger partial charge in [0.1, 0.15) is 11.0 Å². The molecular weight excluding hydrogens is 304 g/mol. The van der Waals surface area contributed by atoms with E-state index in [2.05, 4.69) is 92.5 Å². The number of hydrogen-bond donors (Lipinski definition) is 0. The van der Waals surface area contributed by atoms with E-state index < -0.39 is 0 Å². The van der Waals surface area contributed by atoms with Crippen molar-refractivity contribution in [3.05, 3.63) is 70.9 Å². The maximum Gasteiger partial charge on any atom is 0.290 e. The summed E-state index contributed by atoms with van der Waals surface area (Å²) in [5.41, 5.74) is 8.22. The lowest BCUT2D eigenvalue weighted by molar-refractivity contribution is -0.666. The second-order valence-corrected chi connectivity index (χ2v) is 7.92. The zero-order valence-electron chi connectivity index (χ0n) is 15.5. The van der Waals surface area contributed by atoms with Crippen LogP contribution < -0.4 is 4.57 Å². The first-order chi connectivity index (χ1) is 11.9. The van der Waals surface area contributed by atoms with E-state index in [-0.39, 0.29) is 5.41 Å². The van der Waals surface area contributed by atoms with Crippen LogP contribution in [0.25, 0.3) is 27.6 Å². The summed E-state index contributed by atoms with van der Waals surface area (Å²) in [5, 5.41) is 2.71. The van der Waals surface area contributed by atoms with Crippen LogP contribution in [0.2, 0.25) is 0 Å². The van der Waals surface area contributed by atoms with E-state index in [0.29, 0.717) is 0 Å². The van der Waals surface area contributed by atoms with Gasteiger partial charge in [0.2, 0.25) is 0 Å². The van der Waals surface area contributed by atoms with Gasteiger partial charge in [0.25, 0.3) is 5.82 Å². The van der Waals surface area contributed by atoms with Crippen LogP contribution >= 0.6 is 0 Å². The summed E-state index contributed by atoms with van der Waals surface area (Å²) in [6.45, 7) is 9.15. The van der Waals surface area contributed by atoms with Gasteiger partial charge in [0.05, 0.1) is 18.8 Å². The van der Waals surface area contributed by atoms with E-state index in [1.54, 1.807) is 0 Å². The Morgan fingerprint density at radius 1 is 0.840 bits per heavy atom. The molecule has 5 rings (SSSR count). The van der Waals surface area contributed by atoms with Gasteiger partial charge in [-0.15, -0.1) is 0 Å². The predicted molar refractivity (Wildman–Crippen MR) is 104 cm³/mol. The molecule has 2 aromatic carbocycles. The van der Waals surface area contributed by atoms with Crippen LogP contribution in [0.3, 0.4) is 0 Å². The average Bonchev–Trinajstić information content (AvgIpc) is 2.92. The Balaban J connectivity index is 2.18. The Morgan fingerprint density at radius 2 is 1.56 bits per heavy atom. The molecule has 4 aromatic rings. The minimum Gasteiger partial charge on any atom is -0.236 e. The highest BCUT2D eigenvalue weighted by atomic mass is 15.1. The third kappa shape index (κ3) is 1.62. The first-order valence-electron chi connectivity index (χ1n) is 8.96. The molecule has 25 heavy (non-hydrogen) atoms. The van der Waals surface area contributed by atoms with Crippen molar-refractivity contribution in [1.82, 2.24) is 4.57 Å². The molecule has 3 heterocycles. The Morgan fingerprint density at radius 3 is 2.36 bits per heavy atom. The van der Waals surface area contributed by atoms with Gasteiger partial charge in [-0.25, -0.2) is 4.57 Å². The molecule has 0 amide bonds. The fraction of sp³-hybridized carbons (Fsp3) is 0.261. The number of fused-ring (bicyclic) bond motifs is 5. The fourth-order valence-corrected chi connectivity index (χ4v) is 4.65. The number of aryl methyl sites for hydroxylation is 3. The van der Waals surface area contributed by atoms with Crippen LogP contribution in [0.15, 0.2) is 48.7 Å². The summed E-state index contributed by atoms with van der Waals surface area (Å²) in [4.78, 5) is 0. The smallest absolute Gasteiger partial charge is 0.236 e. The van der Waals surface area contributed by atoms with Gasteiger partial charge < -0.3 is 0 Å². The largest absolute Gasteiger partial charge is 0.290 e. The third-order valence-electron chi connectivity index (χ3n) is 6.18. The first-order valence-corrected chi connectivity index (χ1v) is 8.96. The van der Waals surface area contributed by atoms with Crippen LogP contribution in [0.1, 0.15) is 36.1 Å². The highest BCUT2D eigenvalue weighted by Gasteiger charge is 2.41. The molecule has 0 bridgehead atoms. The maximum atomic E-state index is 2.50. The molecule has 0 N–H and O–H groups in total. The van der Waals surface area contributed by atoms with Gasteiger partial charge in [0.15, 0.2) is 0 Å². The summed E-state index contributed by atoms with van der Waals surface area (Å²) < 4.78 is 4.77. The third-order valence-corrected chi connectivity index (χ3v) is 6.18. The average molecular weight is 327 g/mol. The Kier molecular flexibility index (Phi) is 2.66. The van der Waals surface area contributed by atoms with Gasteiger partial charge in [-0.3, -0.25) is 0 Å². The molecule has 2 nitrogen and oxygen atoms in total.